The van der Waals surface area contributed by atoms with Crippen molar-refractivity contribution in [2.45, 2.75) is 83.2 Å². The van der Waals surface area contributed by atoms with Gasteiger partial charge in [-0.1, -0.05) is 38.0 Å². The number of ether oxygens (including phenoxy) is 2. The van der Waals surface area contributed by atoms with Crippen molar-refractivity contribution < 1.29 is 19.1 Å². The lowest BCUT2D eigenvalue weighted by atomic mass is 10.0. The summed E-state index contributed by atoms with van der Waals surface area (Å²) in [5.74, 6) is 0.228. The van der Waals surface area contributed by atoms with Crippen LogP contribution in [0.5, 0.6) is 0 Å². The predicted octanol–water partition coefficient (Wildman–Crippen LogP) is 4.78. The Bertz CT molecular complexity index is 1290. The molecule has 0 amide bonds. The largest absolute Gasteiger partial charge is 0.463 e. The Morgan fingerprint density at radius 2 is 1.82 bits per heavy atom. The van der Waals surface area contributed by atoms with Gasteiger partial charge in [0.1, 0.15) is 5.69 Å². The monoisotopic (exact) mass is 559 g/mol. The topological polar surface area (TPSA) is 109 Å². The zero-order valence-electron chi connectivity index (χ0n) is 23.5. The molecule has 0 bridgehead atoms. The van der Waals surface area contributed by atoms with Crippen LogP contribution in [-0.4, -0.2) is 50.8 Å². The molecular weight excluding hydrogens is 518 g/mol. The number of nitrogens with zero attached hydrogens (tertiary/aromatic N) is 3. The molecule has 0 saturated heterocycles. The number of esters is 1. The van der Waals surface area contributed by atoms with Gasteiger partial charge in [0.15, 0.2) is 0 Å². The average molecular weight is 560 g/mol. The summed E-state index contributed by atoms with van der Waals surface area (Å²) in [4.78, 5) is 51.8. The van der Waals surface area contributed by atoms with Crippen LogP contribution in [0.25, 0.3) is 0 Å². The van der Waals surface area contributed by atoms with E-state index in [-0.39, 0.29) is 29.9 Å². The lowest BCUT2D eigenvalue weighted by Gasteiger charge is -2.32. The minimum atomic E-state index is -1.75. The van der Waals surface area contributed by atoms with Crippen LogP contribution in [0, 0.1) is 0 Å². The van der Waals surface area contributed by atoms with E-state index in [1.54, 1.807) is 6.92 Å². The highest BCUT2D eigenvalue weighted by Gasteiger charge is 2.29. The third-order valence-corrected chi connectivity index (χ3v) is 10.5. The van der Waals surface area contributed by atoms with E-state index in [0.717, 1.165) is 40.7 Å². The first-order valence-electron chi connectivity index (χ1n) is 13.8. The van der Waals surface area contributed by atoms with E-state index in [1.165, 1.54) is 16.8 Å². The van der Waals surface area contributed by atoms with Gasteiger partial charge in [0, 0.05) is 25.1 Å². The van der Waals surface area contributed by atoms with Crippen LogP contribution in [0.15, 0.2) is 50.9 Å². The molecule has 1 aromatic heterocycles. The zero-order valence-corrected chi connectivity index (χ0v) is 24.3. The molecular formula is C29H41N3O6S. The smallest absolute Gasteiger partial charge is 0.353 e. The molecule has 1 aromatic carbocycles. The standard InChI is InChI=1S/C29H41N3O6S/c1-5-37-25(33)18-12-19-31-27(34)26(23-15-8-9-16-23)30-32(28(31)35)20-11-14-22-13-10-17-24(21-22)39(4,7-3)29(36)38-6-2/h10,12-13,17-18,21,23H,5-9,11,14-16,19-20H2,1-4H3. The molecule has 0 spiro atoms. The molecule has 9 nitrogen and oxygen atoms in total. The fourth-order valence-corrected chi connectivity index (χ4v) is 6.76. The quantitative estimate of drug-likeness (QED) is 0.272. The Labute approximate surface area is 231 Å². The van der Waals surface area contributed by atoms with Crippen molar-refractivity contribution in [3.63, 3.8) is 0 Å². The predicted molar refractivity (Wildman–Crippen MR) is 154 cm³/mol. The van der Waals surface area contributed by atoms with Gasteiger partial charge in [-0.15, -0.1) is 10.0 Å². The molecule has 0 N–H and O–H groups in total. The number of carbonyl (C=O) groups is 2. The van der Waals surface area contributed by atoms with Crippen molar-refractivity contribution in [3.05, 3.63) is 68.5 Å². The molecule has 1 unspecified atom stereocenters. The molecule has 1 aliphatic rings. The minimum absolute atomic E-state index is 0.0208. The Hall–Kier alpha value is -3.14. The van der Waals surface area contributed by atoms with Crippen LogP contribution in [-0.2, 0) is 33.8 Å². The van der Waals surface area contributed by atoms with Gasteiger partial charge < -0.3 is 9.47 Å². The number of rotatable bonds is 12. The van der Waals surface area contributed by atoms with Crippen LogP contribution in [0.3, 0.4) is 0 Å². The molecule has 1 fully saturated rings. The molecule has 1 aliphatic carbocycles. The second kappa shape index (κ2) is 14.3. The summed E-state index contributed by atoms with van der Waals surface area (Å²) < 4.78 is 12.8. The van der Waals surface area contributed by atoms with E-state index in [9.17, 15) is 19.2 Å². The second-order valence-corrected chi connectivity index (χ2v) is 13.3. The first-order chi connectivity index (χ1) is 18.7. The van der Waals surface area contributed by atoms with Crippen molar-refractivity contribution in [2.24, 2.45) is 0 Å². The third-order valence-electron chi connectivity index (χ3n) is 7.18. The number of hydrogen-bond donors (Lipinski definition) is 0. The van der Waals surface area contributed by atoms with Crippen molar-refractivity contribution >= 4 is 21.3 Å². The van der Waals surface area contributed by atoms with Crippen LogP contribution < -0.4 is 11.2 Å². The third kappa shape index (κ3) is 7.50. The number of benzene rings is 1. The minimum Gasteiger partial charge on any atom is -0.463 e. The molecule has 39 heavy (non-hydrogen) atoms. The summed E-state index contributed by atoms with van der Waals surface area (Å²) in [6.07, 6.45) is 9.85. The normalized spacial score (nSPS) is 16.2. The Kier molecular flexibility index (Phi) is 11.2. The lowest BCUT2D eigenvalue weighted by molar-refractivity contribution is -0.137. The van der Waals surface area contributed by atoms with Crippen molar-refractivity contribution in [3.8, 4) is 0 Å². The summed E-state index contributed by atoms with van der Waals surface area (Å²) in [7, 11) is -1.75. The van der Waals surface area contributed by atoms with Gasteiger partial charge in [-0.3, -0.25) is 9.36 Å². The highest BCUT2D eigenvalue weighted by atomic mass is 32.3. The van der Waals surface area contributed by atoms with Crippen molar-refractivity contribution in [2.75, 3.05) is 25.2 Å². The first-order valence-corrected chi connectivity index (χ1v) is 16.0. The van der Waals surface area contributed by atoms with E-state index < -0.39 is 21.7 Å². The summed E-state index contributed by atoms with van der Waals surface area (Å²) in [6, 6.07) is 8.03. The molecule has 1 heterocycles. The molecule has 0 radical (unpaired) electrons. The van der Waals surface area contributed by atoms with E-state index in [4.69, 9.17) is 9.47 Å². The molecule has 214 valence electrons. The van der Waals surface area contributed by atoms with Crippen LogP contribution in [0.2, 0.25) is 0 Å². The Morgan fingerprint density at radius 3 is 2.49 bits per heavy atom. The highest BCUT2D eigenvalue weighted by molar-refractivity contribution is 8.44. The SMILES string of the molecule is CCOC(=O)C=CCn1c(=O)c(C2CCCC2)nn(CCCc2cccc(S(C)(CC)C(=O)OCC)c2)c1=O. The zero-order chi connectivity index (χ0) is 28.4. The lowest BCUT2D eigenvalue weighted by Crippen LogP contribution is -2.44. The number of aryl methyl sites for hydroxylation is 2. The van der Waals surface area contributed by atoms with Gasteiger partial charge in [0.2, 0.25) is 0 Å². The maximum atomic E-state index is 13.2. The number of hydrogen-bond acceptors (Lipinski definition) is 7. The molecule has 1 atom stereocenters. The van der Waals surface area contributed by atoms with Gasteiger partial charge in [0.25, 0.3) is 5.56 Å². The maximum Gasteiger partial charge on any atom is 0.353 e. The Balaban J connectivity index is 1.81. The van der Waals surface area contributed by atoms with E-state index in [0.29, 0.717) is 37.4 Å². The van der Waals surface area contributed by atoms with Crippen molar-refractivity contribution in [1.82, 2.24) is 14.3 Å². The molecule has 10 heteroatoms. The fourth-order valence-electron chi connectivity index (χ4n) is 4.83. The summed E-state index contributed by atoms with van der Waals surface area (Å²) >= 11 is 0. The van der Waals surface area contributed by atoms with Crippen LogP contribution in [0.1, 0.15) is 70.1 Å². The van der Waals surface area contributed by atoms with E-state index in [2.05, 4.69) is 11.2 Å². The number of aromatic nitrogens is 3. The molecule has 1 saturated carbocycles. The first kappa shape index (κ1) is 30.4. The van der Waals surface area contributed by atoms with Gasteiger partial charge in [-0.05, 0) is 74.1 Å². The molecule has 3 rings (SSSR count). The van der Waals surface area contributed by atoms with E-state index >= 15 is 0 Å². The van der Waals surface area contributed by atoms with Gasteiger partial charge >= 0.3 is 17.0 Å². The number of allylic oxidation sites excluding steroid dienone is 1. The van der Waals surface area contributed by atoms with Gasteiger partial charge in [-0.2, -0.15) is 5.10 Å². The number of carbonyl (C=O) groups excluding carboxylic acids is 2. The van der Waals surface area contributed by atoms with Gasteiger partial charge in [-0.25, -0.2) is 19.1 Å². The highest BCUT2D eigenvalue weighted by Crippen LogP contribution is 2.54. The maximum absolute atomic E-state index is 13.2. The fraction of sp³-hybridized carbons (Fsp3) is 0.552. The summed E-state index contributed by atoms with van der Waals surface area (Å²) in [6.45, 7) is 6.47. The summed E-state index contributed by atoms with van der Waals surface area (Å²) in [5, 5.41) is 4.38. The Morgan fingerprint density at radius 1 is 1.10 bits per heavy atom. The molecule has 0 aliphatic heterocycles. The van der Waals surface area contributed by atoms with Gasteiger partial charge in [0.05, 0.1) is 13.2 Å². The average Bonchev–Trinajstić information content (AvgIpc) is 3.46. The van der Waals surface area contributed by atoms with E-state index in [1.807, 2.05) is 38.3 Å². The van der Waals surface area contributed by atoms with Crippen LogP contribution >= 0.6 is 10.0 Å². The van der Waals surface area contributed by atoms with Crippen LogP contribution in [0.4, 0.5) is 4.79 Å². The van der Waals surface area contributed by atoms with Crippen molar-refractivity contribution in [1.29, 1.82) is 0 Å². The second-order valence-electron chi connectivity index (χ2n) is 9.75. The molecule has 2 aromatic rings. The summed E-state index contributed by atoms with van der Waals surface area (Å²) in [5.41, 5.74) is 0.619.